The summed E-state index contributed by atoms with van der Waals surface area (Å²) >= 11 is 0. The van der Waals surface area contributed by atoms with Gasteiger partial charge in [0, 0.05) is 6.04 Å². The number of benzene rings is 1. The van der Waals surface area contributed by atoms with Crippen LogP contribution in [0.2, 0.25) is 0 Å². The van der Waals surface area contributed by atoms with Gasteiger partial charge in [-0.3, -0.25) is 0 Å². The molecule has 0 spiro atoms. The van der Waals surface area contributed by atoms with Crippen LogP contribution in [0, 0.1) is 12.7 Å². The summed E-state index contributed by atoms with van der Waals surface area (Å²) < 4.78 is 13.2. The van der Waals surface area contributed by atoms with Crippen LogP contribution in [-0.2, 0) is 6.42 Å². The normalized spacial score (nSPS) is 21.4. The van der Waals surface area contributed by atoms with Gasteiger partial charge in [-0.05, 0) is 49.9 Å². The molecule has 0 bridgehead atoms. The van der Waals surface area contributed by atoms with Crippen LogP contribution < -0.4 is 5.32 Å². The maximum Gasteiger partial charge on any atom is 0.126 e. The van der Waals surface area contributed by atoms with Crippen LogP contribution in [0.15, 0.2) is 18.2 Å². The third kappa shape index (κ3) is 1.95. The summed E-state index contributed by atoms with van der Waals surface area (Å²) in [6.07, 6.45) is 3.43. The fourth-order valence-electron chi connectivity index (χ4n) is 2.07. The first-order chi connectivity index (χ1) is 6.77. The molecular weight excluding hydrogens is 177 g/mol. The summed E-state index contributed by atoms with van der Waals surface area (Å²) in [5.74, 6) is -0.0829. The molecule has 2 heteroatoms. The van der Waals surface area contributed by atoms with Gasteiger partial charge in [-0.25, -0.2) is 4.39 Å². The van der Waals surface area contributed by atoms with Crippen LogP contribution >= 0.6 is 0 Å². The Bertz CT molecular complexity index is 316. The van der Waals surface area contributed by atoms with Gasteiger partial charge < -0.3 is 5.32 Å². The molecule has 1 unspecified atom stereocenters. The zero-order valence-electron chi connectivity index (χ0n) is 8.52. The quantitative estimate of drug-likeness (QED) is 0.760. The third-order valence-corrected chi connectivity index (χ3v) is 3.01. The van der Waals surface area contributed by atoms with E-state index in [-0.39, 0.29) is 5.82 Å². The van der Waals surface area contributed by atoms with Gasteiger partial charge in [0.15, 0.2) is 0 Å². The Morgan fingerprint density at radius 1 is 1.50 bits per heavy atom. The topological polar surface area (TPSA) is 12.0 Å². The number of halogens is 1. The van der Waals surface area contributed by atoms with Gasteiger partial charge in [-0.1, -0.05) is 12.1 Å². The lowest BCUT2D eigenvalue weighted by molar-refractivity contribution is 0.586. The smallest absolute Gasteiger partial charge is 0.126 e. The molecule has 0 amide bonds. The molecule has 1 atom stereocenters. The van der Waals surface area contributed by atoms with Crippen LogP contribution in [0.4, 0.5) is 4.39 Å². The number of hydrogen-bond acceptors (Lipinski definition) is 1. The highest BCUT2D eigenvalue weighted by Crippen LogP contribution is 2.17. The van der Waals surface area contributed by atoms with E-state index < -0.39 is 0 Å². The highest BCUT2D eigenvalue weighted by Gasteiger charge is 2.15. The summed E-state index contributed by atoms with van der Waals surface area (Å²) in [6.45, 7) is 2.97. The predicted molar refractivity (Wildman–Crippen MR) is 55.9 cm³/mol. The molecule has 1 aromatic rings. The fraction of sp³-hybridized carbons (Fsp3) is 0.500. The minimum absolute atomic E-state index is 0.0829. The Balaban J connectivity index is 2.11. The van der Waals surface area contributed by atoms with E-state index in [2.05, 4.69) is 5.32 Å². The molecule has 76 valence electrons. The Kier molecular flexibility index (Phi) is 2.82. The average molecular weight is 193 g/mol. The average Bonchev–Trinajstić information content (AvgIpc) is 2.66. The molecular formula is C12H16FN. The van der Waals surface area contributed by atoms with E-state index in [1.807, 2.05) is 13.0 Å². The standard InChI is InChI=1S/C12H16FN/c1-9-10(4-2-6-12(9)13)8-11-5-3-7-14-11/h2,4,6,11,14H,3,5,7-8H2,1H3. The van der Waals surface area contributed by atoms with Gasteiger partial charge in [-0.15, -0.1) is 0 Å². The van der Waals surface area contributed by atoms with Crippen LogP contribution in [0.1, 0.15) is 24.0 Å². The molecule has 0 radical (unpaired) electrons. The van der Waals surface area contributed by atoms with Crippen molar-refractivity contribution in [3.05, 3.63) is 35.1 Å². The summed E-state index contributed by atoms with van der Waals surface area (Å²) in [7, 11) is 0. The molecule has 1 saturated heterocycles. The maximum absolute atomic E-state index is 13.2. The van der Waals surface area contributed by atoms with Crippen LogP contribution in [0.3, 0.4) is 0 Å². The summed E-state index contributed by atoms with van der Waals surface area (Å²) in [4.78, 5) is 0. The highest BCUT2D eigenvalue weighted by atomic mass is 19.1. The van der Waals surface area contributed by atoms with Crippen LogP contribution in [0.25, 0.3) is 0 Å². The largest absolute Gasteiger partial charge is 0.314 e. The van der Waals surface area contributed by atoms with Crippen molar-refractivity contribution < 1.29 is 4.39 Å². The second-order valence-electron chi connectivity index (χ2n) is 4.02. The maximum atomic E-state index is 13.2. The van der Waals surface area contributed by atoms with Crippen molar-refractivity contribution in [1.29, 1.82) is 0 Å². The summed E-state index contributed by atoms with van der Waals surface area (Å²) in [6, 6.07) is 5.90. The van der Waals surface area contributed by atoms with E-state index in [0.29, 0.717) is 6.04 Å². The number of rotatable bonds is 2. The minimum Gasteiger partial charge on any atom is -0.314 e. The predicted octanol–water partition coefficient (Wildman–Crippen LogP) is 2.43. The Hall–Kier alpha value is -0.890. The molecule has 1 aromatic carbocycles. The van der Waals surface area contributed by atoms with Crippen molar-refractivity contribution >= 4 is 0 Å². The minimum atomic E-state index is -0.0829. The van der Waals surface area contributed by atoms with Gasteiger partial charge in [0.2, 0.25) is 0 Å². The fourth-order valence-corrected chi connectivity index (χ4v) is 2.07. The number of hydrogen-bond donors (Lipinski definition) is 1. The van der Waals surface area contributed by atoms with E-state index in [9.17, 15) is 4.39 Å². The SMILES string of the molecule is Cc1c(F)cccc1CC1CCCN1. The second kappa shape index (κ2) is 4.09. The van der Waals surface area contributed by atoms with E-state index in [1.165, 1.54) is 18.9 Å². The van der Waals surface area contributed by atoms with Gasteiger partial charge in [0.1, 0.15) is 5.82 Å². The molecule has 1 fully saturated rings. The lowest BCUT2D eigenvalue weighted by atomic mass is 10.00. The highest BCUT2D eigenvalue weighted by molar-refractivity contribution is 5.28. The van der Waals surface area contributed by atoms with Crippen molar-refractivity contribution in [2.24, 2.45) is 0 Å². The van der Waals surface area contributed by atoms with E-state index >= 15 is 0 Å². The molecule has 0 aliphatic carbocycles. The van der Waals surface area contributed by atoms with Gasteiger partial charge in [-0.2, -0.15) is 0 Å². The first-order valence-electron chi connectivity index (χ1n) is 5.25. The van der Waals surface area contributed by atoms with E-state index in [1.54, 1.807) is 6.07 Å². The zero-order chi connectivity index (χ0) is 9.97. The van der Waals surface area contributed by atoms with Gasteiger partial charge in [0.05, 0.1) is 0 Å². The van der Waals surface area contributed by atoms with Crippen molar-refractivity contribution in [1.82, 2.24) is 5.32 Å². The van der Waals surface area contributed by atoms with Crippen molar-refractivity contribution in [2.75, 3.05) is 6.54 Å². The molecule has 1 heterocycles. The van der Waals surface area contributed by atoms with E-state index in [0.717, 1.165) is 24.1 Å². The van der Waals surface area contributed by atoms with Crippen molar-refractivity contribution in [3.8, 4) is 0 Å². The molecule has 1 N–H and O–H groups in total. The lowest BCUT2D eigenvalue weighted by Crippen LogP contribution is -2.24. The van der Waals surface area contributed by atoms with Gasteiger partial charge in [0.25, 0.3) is 0 Å². The third-order valence-electron chi connectivity index (χ3n) is 3.01. The first-order valence-corrected chi connectivity index (χ1v) is 5.25. The Morgan fingerprint density at radius 3 is 3.07 bits per heavy atom. The summed E-state index contributed by atoms with van der Waals surface area (Å²) in [5, 5.41) is 3.43. The first kappa shape index (κ1) is 9.66. The van der Waals surface area contributed by atoms with Gasteiger partial charge >= 0.3 is 0 Å². The van der Waals surface area contributed by atoms with Crippen LogP contribution in [-0.4, -0.2) is 12.6 Å². The Morgan fingerprint density at radius 2 is 2.36 bits per heavy atom. The summed E-state index contributed by atoms with van der Waals surface area (Å²) in [5.41, 5.74) is 1.95. The zero-order valence-corrected chi connectivity index (χ0v) is 8.52. The molecule has 14 heavy (non-hydrogen) atoms. The second-order valence-corrected chi connectivity index (χ2v) is 4.02. The molecule has 1 aliphatic heterocycles. The molecule has 2 rings (SSSR count). The monoisotopic (exact) mass is 193 g/mol. The van der Waals surface area contributed by atoms with Crippen molar-refractivity contribution in [3.63, 3.8) is 0 Å². The molecule has 0 aromatic heterocycles. The lowest BCUT2D eigenvalue weighted by Gasteiger charge is -2.12. The Labute approximate surface area is 84.3 Å². The molecule has 1 aliphatic rings. The molecule has 0 saturated carbocycles. The van der Waals surface area contributed by atoms with Crippen LogP contribution in [0.5, 0.6) is 0 Å². The number of nitrogens with one attached hydrogen (secondary N) is 1. The molecule has 1 nitrogen and oxygen atoms in total. The van der Waals surface area contributed by atoms with Crippen molar-refractivity contribution in [2.45, 2.75) is 32.2 Å². The van der Waals surface area contributed by atoms with E-state index in [4.69, 9.17) is 0 Å².